The van der Waals surface area contributed by atoms with E-state index in [0.29, 0.717) is 4.99 Å². The van der Waals surface area contributed by atoms with Gasteiger partial charge < -0.3 is 5.32 Å². The summed E-state index contributed by atoms with van der Waals surface area (Å²) in [6.45, 7) is 0. The molecule has 0 radical (unpaired) electrons. The van der Waals surface area contributed by atoms with Gasteiger partial charge in [-0.2, -0.15) is 0 Å². The molecule has 0 aromatic heterocycles. The van der Waals surface area contributed by atoms with Crippen molar-refractivity contribution in [2.45, 2.75) is 11.3 Å². The Morgan fingerprint density at radius 3 is 2.67 bits per heavy atom. The van der Waals surface area contributed by atoms with Gasteiger partial charge in [-0.15, -0.1) is 11.8 Å². The zero-order chi connectivity index (χ0) is 14.8. The van der Waals surface area contributed by atoms with E-state index >= 15 is 0 Å². The van der Waals surface area contributed by atoms with Crippen LogP contribution in [0.1, 0.15) is 6.42 Å². The van der Waals surface area contributed by atoms with E-state index in [1.165, 1.54) is 0 Å². The summed E-state index contributed by atoms with van der Waals surface area (Å²) in [5.41, 5.74) is 2.57. The van der Waals surface area contributed by atoms with E-state index in [4.69, 9.17) is 12.2 Å². The van der Waals surface area contributed by atoms with Gasteiger partial charge in [0.2, 0.25) is 5.91 Å². The van der Waals surface area contributed by atoms with Gasteiger partial charge in [-0.05, 0) is 36.6 Å². The van der Waals surface area contributed by atoms with Crippen LogP contribution in [0.25, 0.3) is 0 Å². The highest BCUT2D eigenvalue weighted by atomic mass is 32.2. The second kappa shape index (κ2) is 5.87. The third-order valence-electron chi connectivity index (χ3n) is 3.30. The van der Waals surface area contributed by atoms with Crippen LogP contribution in [0.15, 0.2) is 53.4 Å². The van der Waals surface area contributed by atoms with Crippen molar-refractivity contribution in [3.05, 3.63) is 48.5 Å². The van der Waals surface area contributed by atoms with E-state index in [-0.39, 0.29) is 12.3 Å². The normalized spacial score (nSPS) is 14.4. The average molecular weight is 314 g/mol. The van der Waals surface area contributed by atoms with Gasteiger partial charge in [0.1, 0.15) is 0 Å². The zero-order valence-electron chi connectivity index (χ0n) is 11.5. The number of amides is 1. The first-order valence-corrected chi connectivity index (χ1v) is 8.18. The van der Waals surface area contributed by atoms with Crippen molar-refractivity contribution in [3.63, 3.8) is 0 Å². The minimum atomic E-state index is -0.0179. The van der Waals surface area contributed by atoms with Crippen LogP contribution >= 0.6 is 24.0 Å². The van der Waals surface area contributed by atoms with Crippen LogP contribution in [0.4, 0.5) is 17.1 Å². The molecule has 0 fully saturated rings. The summed E-state index contributed by atoms with van der Waals surface area (Å²) < 4.78 is 0. The lowest BCUT2D eigenvalue weighted by molar-refractivity contribution is -0.116. The van der Waals surface area contributed by atoms with Gasteiger partial charge in [-0.25, -0.2) is 0 Å². The molecule has 5 heteroatoms. The van der Waals surface area contributed by atoms with E-state index in [2.05, 4.69) is 5.32 Å². The van der Waals surface area contributed by atoms with Crippen molar-refractivity contribution in [1.29, 1.82) is 0 Å². The summed E-state index contributed by atoms with van der Waals surface area (Å²) in [7, 11) is 0. The number of hydrogen-bond donors (Lipinski definition) is 1. The number of carbonyl (C=O) groups is 1. The molecular weight excluding hydrogens is 300 g/mol. The van der Waals surface area contributed by atoms with E-state index in [1.54, 1.807) is 16.7 Å². The average Bonchev–Trinajstić information content (AvgIpc) is 2.61. The number of thiocarbonyl (C=S) groups is 1. The molecule has 1 aliphatic rings. The van der Waals surface area contributed by atoms with Crippen molar-refractivity contribution in [2.24, 2.45) is 0 Å². The van der Waals surface area contributed by atoms with E-state index in [9.17, 15) is 4.79 Å². The molecule has 0 saturated heterocycles. The standard InChI is InChI=1S/C16H14N2OS2/c1-21-12-7-8-13-14(9-12)18(11-5-3-2-4-6-11)16(19)10-15(20)17-13/h2-9H,10H2,1H3,(H,17,20). The topological polar surface area (TPSA) is 32.3 Å². The minimum Gasteiger partial charge on any atom is -0.348 e. The number of carbonyl (C=O) groups excluding carboxylic acids is 1. The van der Waals surface area contributed by atoms with Crippen molar-refractivity contribution in [1.82, 2.24) is 0 Å². The predicted molar refractivity (Wildman–Crippen MR) is 92.6 cm³/mol. The number of nitrogens with one attached hydrogen (secondary N) is 1. The number of anilines is 3. The molecule has 1 N–H and O–H groups in total. The zero-order valence-corrected chi connectivity index (χ0v) is 13.1. The molecule has 3 rings (SSSR count). The summed E-state index contributed by atoms with van der Waals surface area (Å²) in [6, 6.07) is 15.7. The predicted octanol–water partition coefficient (Wildman–Crippen LogP) is 4.22. The number of rotatable bonds is 2. The highest BCUT2D eigenvalue weighted by Crippen LogP contribution is 2.37. The second-order valence-electron chi connectivity index (χ2n) is 4.67. The molecule has 0 saturated carbocycles. The molecular formula is C16H14N2OS2. The Hall–Kier alpha value is -1.85. The van der Waals surface area contributed by atoms with Crippen LogP contribution < -0.4 is 10.2 Å². The highest BCUT2D eigenvalue weighted by molar-refractivity contribution is 7.98. The molecule has 0 unspecified atom stereocenters. The Labute approximate surface area is 133 Å². The second-order valence-corrected chi connectivity index (χ2v) is 6.05. The number of hydrogen-bond acceptors (Lipinski definition) is 3. The molecule has 21 heavy (non-hydrogen) atoms. The summed E-state index contributed by atoms with van der Waals surface area (Å²) in [4.78, 5) is 16.0. The van der Waals surface area contributed by atoms with Crippen LogP contribution in [-0.2, 0) is 4.79 Å². The quantitative estimate of drug-likeness (QED) is 0.664. The van der Waals surface area contributed by atoms with Crippen LogP contribution in [-0.4, -0.2) is 17.2 Å². The van der Waals surface area contributed by atoms with Crippen LogP contribution in [0, 0.1) is 0 Å². The lowest BCUT2D eigenvalue weighted by Gasteiger charge is -2.23. The van der Waals surface area contributed by atoms with Crippen molar-refractivity contribution < 1.29 is 4.79 Å². The highest BCUT2D eigenvalue weighted by Gasteiger charge is 2.26. The molecule has 106 valence electrons. The Balaban J connectivity index is 2.18. The molecule has 0 spiro atoms. The molecule has 0 bridgehead atoms. The van der Waals surface area contributed by atoms with Crippen LogP contribution in [0.3, 0.4) is 0 Å². The van der Waals surface area contributed by atoms with Crippen LogP contribution in [0.2, 0.25) is 0 Å². The smallest absolute Gasteiger partial charge is 0.238 e. The summed E-state index contributed by atoms with van der Waals surface area (Å²) >= 11 is 6.89. The molecule has 1 aliphatic heterocycles. The lowest BCUT2D eigenvalue weighted by atomic mass is 10.2. The van der Waals surface area contributed by atoms with E-state index in [0.717, 1.165) is 22.0 Å². The van der Waals surface area contributed by atoms with Gasteiger partial charge in [0.05, 0.1) is 22.8 Å². The summed E-state index contributed by atoms with van der Waals surface area (Å²) in [6.07, 6.45) is 2.23. The van der Waals surface area contributed by atoms with Gasteiger partial charge in [0, 0.05) is 10.6 Å². The first-order valence-electron chi connectivity index (χ1n) is 6.55. The summed E-state index contributed by atoms with van der Waals surface area (Å²) in [5.74, 6) is -0.0179. The Bertz CT molecular complexity index is 701. The monoisotopic (exact) mass is 314 g/mol. The van der Waals surface area contributed by atoms with Crippen molar-refractivity contribution in [3.8, 4) is 0 Å². The molecule has 1 amide bonds. The Morgan fingerprint density at radius 1 is 1.19 bits per heavy atom. The maximum Gasteiger partial charge on any atom is 0.238 e. The first kappa shape index (κ1) is 14.1. The fourth-order valence-electron chi connectivity index (χ4n) is 2.33. The largest absolute Gasteiger partial charge is 0.348 e. The van der Waals surface area contributed by atoms with Crippen LogP contribution in [0.5, 0.6) is 0 Å². The SMILES string of the molecule is CSc1ccc2c(c1)N(c1ccccc1)C(=O)CC(=S)N2. The molecule has 2 aromatic rings. The van der Waals surface area contributed by atoms with Gasteiger partial charge in [0.15, 0.2) is 0 Å². The van der Waals surface area contributed by atoms with Crippen molar-refractivity contribution >= 4 is 51.9 Å². The fourth-order valence-corrected chi connectivity index (χ4v) is 3.00. The molecule has 2 aromatic carbocycles. The Morgan fingerprint density at radius 2 is 1.95 bits per heavy atom. The fraction of sp³-hybridized carbons (Fsp3) is 0.125. The van der Waals surface area contributed by atoms with Gasteiger partial charge in [-0.3, -0.25) is 9.69 Å². The third-order valence-corrected chi connectivity index (χ3v) is 4.27. The van der Waals surface area contributed by atoms with E-state index < -0.39 is 0 Å². The molecule has 3 nitrogen and oxygen atoms in total. The molecule has 1 heterocycles. The van der Waals surface area contributed by atoms with Gasteiger partial charge >= 0.3 is 0 Å². The number of fused-ring (bicyclic) bond motifs is 1. The molecule has 0 atom stereocenters. The summed E-state index contributed by atoms with van der Waals surface area (Å²) in [5, 5.41) is 3.16. The van der Waals surface area contributed by atoms with Gasteiger partial charge in [0.25, 0.3) is 0 Å². The Kier molecular flexibility index (Phi) is 3.94. The van der Waals surface area contributed by atoms with Gasteiger partial charge in [-0.1, -0.05) is 30.4 Å². The number of para-hydroxylation sites is 1. The number of nitrogens with zero attached hydrogens (tertiary/aromatic N) is 1. The first-order chi connectivity index (χ1) is 10.2. The van der Waals surface area contributed by atoms with E-state index in [1.807, 2.05) is 54.8 Å². The third kappa shape index (κ3) is 2.80. The lowest BCUT2D eigenvalue weighted by Crippen LogP contribution is -2.25. The van der Waals surface area contributed by atoms with Crippen molar-refractivity contribution in [2.75, 3.05) is 16.5 Å². The minimum absolute atomic E-state index is 0.0179. The number of thioether (sulfide) groups is 1. The maximum atomic E-state index is 12.6. The maximum absolute atomic E-state index is 12.6. The number of benzene rings is 2. The molecule has 0 aliphatic carbocycles.